The zero-order chi connectivity index (χ0) is 27.6. The molecule has 204 valence electrons. The highest BCUT2D eigenvalue weighted by atomic mass is 19.4. The molecule has 0 bridgehead atoms. The van der Waals surface area contributed by atoms with Gasteiger partial charge in [-0.2, -0.15) is 13.2 Å². The van der Waals surface area contributed by atoms with Crippen molar-refractivity contribution in [3.63, 3.8) is 0 Å². The lowest BCUT2D eigenvalue weighted by Crippen LogP contribution is -2.33. The van der Waals surface area contributed by atoms with Crippen LogP contribution in [0.4, 0.5) is 13.2 Å². The fourth-order valence-electron chi connectivity index (χ4n) is 4.85. The molecule has 1 unspecified atom stereocenters. The smallest absolute Gasteiger partial charge is 0.485 e. The fraction of sp³-hybridized carbons (Fsp3) is 0.321. The van der Waals surface area contributed by atoms with Gasteiger partial charge in [0.05, 0.1) is 11.0 Å². The Morgan fingerprint density at radius 1 is 1.00 bits per heavy atom. The Balaban J connectivity index is 0.000000392. The number of para-hydroxylation sites is 2. The monoisotopic (exact) mass is 540 g/mol. The van der Waals surface area contributed by atoms with Crippen LogP contribution in [0.1, 0.15) is 30.8 Å². The lowest BCUT2D eigenvalue weighted by molar-refractivity contribution is -0.192. The highest BCUT2D eigenvalue weighted by Crippen LogP contribution is 2.39. The van der Waals surface area contributed by atoms with Crippen LogP contribution in [0.2, 0.25) is 0 Å². The van der Waals surface area contributed by atoms with Gasteiger partial charge in [0.15, 0.2) is 23.4 Å². The van der Waals surface area contributed by atoms with Crippen LogP contribution in [0.5, 0.6) is 11.5 Å². The number of hydrogen-bond acceptors (Lipinski definition) is 6. The van der Waals surface area contributed by atoms with E-state index in [9.17, 15) is 13.2 Å². The molecule has 6 rings (SSSR count). The second-order valence-electron chi connectivity index (χ2n) is 9.48. The van der Waals surface area contributed by atoms with E-state index < -0.39 is 12.1 Å². The van der Waals surface area contributed by atoms with Gasteiger partial charge in [0, 0.05) is 18.4 Å². The number of carbonyl (C=O) groups is 1. The summed E-state index contributed by atoms with van der Waals surface area (Å²) >= 11 is 0. The number of benzene rings is 2. The second kappa shape index (κ2) is 10.9. The lowest BCUT2D eigenvalue weighted by atomic mass is 10.0. The van der Waals surface area contributed by atoms with Gasteiger partial charge in [0.2, 0.25) is 0 Å². The van der Waals surface area contributed by atoms with Crippen LogP contribution in [0.15, 0.2) is 67.0 Å². The number of hydrogen-bond donors (Lipinski definition) is 1. The quantitative estimate of drug-likeness (QED) is 0.367. The zero-order valence-corrected chi connectivity index (χ0v) is 21.1. The van der Waals surface area contributed by atoms with Gasteiger partial charge in [-0.3, -0.25) is 4.98 Å². The molecule has 4 aromatic rings. The molecule has 2 aliphatic rings. The minimum atomic E-state index is -5.08. The van der Waals surface area contributed by atoms with Crippen LogP contribution in [0.3, 0.4) is 0 Å². The molecule has 4 heterocycles. The van der Waals surface area contributed by atoms with E-state index in [0.29, 0.717) is 12.6 Å². The molecule has 2 aromatic heterocycles. The van der Waals surface area contributed by atoms with Crippen LogP contribution in [0, 0.1) is 0 Å². The molecule has 1 fully saturated rings. The Kier molecular flexibility index (Phi) is 7.42. The molecule has 1 N–H and O–H groups in total. The molecular formula is C28H27F3N4O4. The highest BCUT2D eigenvalue weighted by molar-refractivity contribution is 5.83. The number of rotatable bonds is 3. The number of pyridine rings is 1. The van der Waals surface area contributed by atoms with Gasteiger partial charge in [-0.25, -0.2) is 9.78 Å². The topological polar surface area (TPSA) is 89.7 Å². The number of aliphatic carboxylic acids is 1. The maximum Gasteiger partial charge on any atom is 0.490 e. The molecule has 39 heavy (non-hydrogen) atoms. The van der Waals surface area contributed by atoms with Crippen molar-refractivity contribution in [2.75, 3.05) is 26.7 Å². The van der Waals surface area contributed by atoms with E-state index in [0.717, 1.165) is 59.9 Å². The molecule has 1 atom stereocenters. The number of imidazole rings is 1. The van der Waals surface area contributed by atoms with Crippen molar-refractivity contribution >= 4 is 17.0 Å². The molecule has 0 saturated carbocycles. The Labute approximate surface area is 222 Å². The molecule has 0 amide bonds. The Hall–Kier alpha value is -4.12. The van der Waals surface area contributed by atoms with Crippen molar-refractivity contribution in [2.24, 2.45) is 0 Å². The minimum Gasteiger partial charge on any atom is -0.485 e. The van der Waals surface area contributed by atoms with Crippen molar-refractivity contribution in [3.8, 4) is 22.6 Å². The van der Waals surface area contributed by atoms with E-state index in [-0.39, 0.29) is 6.10 Å². The van der Waals surface area contributed by atoms with Gasteiger partial charge in [-0.1, -0.05) is 18.2 Å². The third-order valence-electron chi connectivity index (χ3n) is 6.82. The number of fused-ring (bicyclic) bond motifs is 2. The number of ether oxygens (including phenoxy) is 2. The van der Waals surface area contributed by atoms with E-state index >= 15 is 0 Å². The van der Waals surface area contributed by atoms with Gasteiger partial charge in [0.1, 0.15) is 6.61 Å². The van der Waals surface area contributed by atoms with Gasteiger partial charge in [-0.15, -0.1) is 0 Å². The van der Waals surface area contributed by atoms with Crippen molar-refractivity contribution in [1.29, 1.82) is 0 Å². The van der Waals surface area contributed by atoms with Crippen molar-refractivity contribution in [1.82, 2.24) is 19.4 Å². The molecule has 0 spiro atoms. The fourth-order valence-corrected chi connectivity index (χ4v) is 4.85. The molecule has 0 aliphatic carbocycles. The minimum absolute atomic E-state index is 0.235. The van der Waals surface area contributed by atoms with E-state index in [1.165, 1.54) is 5.56 Å². The van der Waals surface area contributed by atoms with E-state index in [2.05, 4.69) is 39.7 Å². The molecule has 1 saturated heterocycles. The van der Waals surface area contributed by atoms with Crippen molar-refractivity contribution in [3.05, 3.63) is 72.8 Å². The number of aromatic nitrogens is 3. The molecule has 2 aliphatic heterocycles. The predicted octanol–water partition coefficient (Wildman–Crippen LogP) is 5.51. The van der Waals surface area contributed by atoms with E-state index in [1.54, 1.807) is 0 Å². The summed E-state index contributed by atoms with van der Waals surface area (Å²) in [4.78, 5) is 20.5. The summed E-state index contributed by atoms with van der Waals surface area (Å²) < 4.78 is 46.6. The number of carboxylic acids is 1. The first-order valence-corrected chi connectivity index (χ1v) is 12.5. The van der Waals surface area contributed by atoms with E-state index in [4.69, 9.17) is 24.4 Å². The summed E-state index contributed by atoms with van der Waals surface area (Å²) in [6.45, 7) is 2.63. The number of halogens is 3. The Bertz CT molecular complexity index is 1450. The van der Waals surface area contributed by atoms with E-state index in [1.807, 2.05) is 48.8 Å². The maximum atomic E-state index is 10.6. The standard InChI is InChI=1S/C26H26N4O2.C2HF3O2/c1-29-14-10-20(11-15-29)30-22-16-19(18-8-12-27-13-9-18)6-7-21(22)28-26(30)25-17-31-23-4-2-3-5-24(23)32-25;3-2(4,5)1(6)7/h2-9,12-13,16,20,25H,10-11,14-15,17H2,1H3;(H,6,7). The van der Waals surface area contributed by atoms with Crippen molar-refractivity contribution in [2.45, 2.75) is 31.2 Å². The summed E-state index contributed by atoms with van der Waals surface area (Å²) in [7, 11) is 2.19. The average molecular weight is 541 g/mol. The Morgan fingerprint density at radius 2 is 1.67 bits per heavy atom. The van der Waals surface area contributed by atoms with Gasteiger partial charge in [-0.05, 0) is 80.5 Å². The normalized spacial score (nSPS) is 17.9. The number of carboxylic acid groups (broad SMARTS) is 1. The molecule has 11 heteroatoms. The maximum absolute atomic E-state index is 10.6. The number of likely N-dealkylation sites (tertiary alicyclic amines) is 1. The van der Waals surface area contributed by atoms with Gasteiger partial charge < -0.3 is 24.0 Å². The first-order valence-electron chi connectivity index (χ1n) is 12.5. The molecule has 0 radical (unpaired) electrons. The first kappa shape index (κ1) is 26.5. The van der Waals surface area contributed by atoms with Crippen LogP contribution in [0.25, 0.3) is 22.2 Å². The average Bonchev–Trinajstić information content (AvgIpc) is 3.32. The molecule has 8 nitrogen and oxygen atoms in total. The van der Waals surface area contributed by atoms with Crippen LogP contribution in [-0.4, -0.2) is 63.4 Å². The molecule has 2 aromatic carbocycles. The molecular weight excluding hydrogens is 513 g/mol. The van der Waals surface area contributed by atoms with Crippen LogP contribution in [-0.2, 0) is 4.79 Å². The largest absolute Gasteiger partial charge is 0.490 e. The third kappa shape index (κ3) is 5.83. The number of nitrogens with zero attached hydrogens (tertiary/aromatic N) is 4. The summed E-state index contributed by atoms with van der Waals surface area (Å²) in [6.07, 6.45) is 0.548. The highest BCUT2D eigenvalue weighted by Gasteiger charge is 2.38. The second-order valence-corrected chi connectivity index (χ2v) is 9.48. The zero-order valence-electron chi connectivity index (χ0n) is 21.1. The summed E-state index contributed by atoms with van der Waals surface area (Å²) in [5, 5.41) is 7.12. The number of alkyl halides is 3. The lowest BCUT2D eigenvalue weighted by Gasteiger charge is -2.33. The van der Waals surface area contributed by atoms with Crippen LogP contribution < -0.4 is 9.47 Å². The SMILES string of the molecule is CN1CCC(n2c(C3COc4ccccc4O3)nc3ccc(-c4ccncc4)cc32)CC1.O=C(O)C(F)(F)F. The Morgan fingerprint density at radius 3 is 2.33 bits per heavy atom. The van der Waals surface area contributed by atoms with Gasteiger partial charge in [0.25, 0.3) is 0 Å². The summed E-state index contributed by atoms with van der Waals surface area (Å²) in [5.74, 6) is -0.225. The first-order chi connectivity index (χ1) is 18.7. The van der Waals surface area contributed by atoms with Crippen LogP contribution >= 0.6 is 0 Å². The van der Waals surface area contributed by atoms with Crippen molar-refractivity contribution < 1.29 is 32.5 Å². The summed E-state index contributed by atoms with van der Waals surface area (Å²) in [5.41, 5.74) is 4.49. The summed E-state index contributed by atoms with van der Waals surface area (Å²) in [6, 6.07) is 18.9. The van der Waals surface area contributed by atoms with Gasteiger partial charge >= 0.3 is 12.1 Å². The predicted molar refractivity (Wildman–Crippen MR) is 138 cm³/mol. The number of piperidine rings is 1. The third-order valence-corrected chi connectivity index (χ3v) is 6.82.